The molecular weight excluding hydrogens is 292 g/mol. The molecule has 0 unspecified atom stereocenters. The number of allylic oxidation sites excluding steroid dienone is 4. The van der Waals surface area contributed by atoms with Crippen LogP contribution in [0, 0.1) is 35.0 Å². The quantitative estimate of drug-likeness (QED) is 0.659. The molecule has 0 spiro atoms. The van der Waals surface area contributed by atoms with Gasteiger partial charge in [0.1, 0.15) is 0 Å². The van der Waals surface area contributed by atoms with E-state index in [0.717, 1.165) is 17.8 Å². The number of hydrogen-bond acceptors (Lipinski definition) is 1. The lowest BCUT2D eigenvalue weighted by atomic mass is 9.61. The Labute approximate surface area is 149 Å². The summed E-state index contributed by atoms with van der Waals surface area (Å²) < 4.78 is 0. The van der Waals surface area contributed by atoms with Crippen molar-refractivity contribution in [3.8, 4) is 0 Å². The van der Waals surface area contributed by atoms with Crippen LogP contribution in [0.5, 0.6) is 0 Å². The molecule has 136 valence electrons. The minimum Gasteiger partial charge on any atom is -0.396 e. The van der Waals surface area contributed by atoms with Gasteiger partial charge in [0.25, 0.3) is 0 Å². The van der Waals surface area contributed by atoms with E-state index < -0.39 is 0 Å². The summed E-state index contributed by atoms with van der Waals surface area (Å²) in [6.45, 7) is 9.94. The van der Waals surface area contributed by atoms with Crippen LogP contribution in [-0.4, -0.2) is 11.7 Å². The highest BCUT2D eigenvalue weighted by atomic mass is 16.3. The minimum absolute atomic E-state index is 0.353. The molecule has 0 bridgehead atoms. The summed E-state index contributed by atoms with van der Waals surface area (Å²) in [6, 6.07) is 0. The van der Waals surface area contributed by atoms with E-state index in [2.05, 4.69) is 39.8 Å². The fourth-order valence-corrected chi connectivity index (χ4v) is 6.53. The topological polar surface area (TPSA) is 20.2 Å². The summed E-state index contributed by atoms with van der Waals surface area (Å²) in [4.78, 5) is 0. The van der Waals surface area contributed by atoms with Gasteiger partial charge in [0.15, 0.2) is 0 Å². The maximum atomic E-state index is 9.66. The lowest BCUT2D eigenvalue weighted by Gasteiger charge is -2.44. The maximum absolute atomic E-state index is 9.66. The van der Waals surface area contributed by atoms with Crippen molar-refractivity contribution in [2.75, 3.05) is 6.61 Å². The van der Waals surface area contributed by atoms with Crippen LogP contribution in [0.1, 0.15) is 79.1 Å². The molecular formula is C23H38O. The van der Waals surface area contributed by atoms with Gasteiger partial charge in [0, 0.05) is 6.61 Å². The molecule has 0 radical (unpaired) electrons. The van der Waals surface area contributed by atoms with Crippen molar-refractivity contribution in [1.82, 2.24) is 0 Å². The zero-order chi connectivity index (χ0) is 17.3. The molecule has 1 nitrogen and oxygen atoms in total. The first-order valence-electron chi connectivity index (χ1n) is 10.4. The first kappa shape index (κ1) is 18.2. The van der Waals surface area contributed by atoms with Crippen LogP contribution in [0.25, 0.3) is 0 Å². The Hall–Kier alpha value is -0.560. The van der Waals surface area contributed by atoms with Crippen LogP contribution in [0.15, 0.2) is 23.3 Å². The van der Waals surface area contributed by atoms with Gasteiger partial charge in [-0.2, -0.15) is 0 Å². The summed E-state index contributed by atoms with van der Waals surface area (Å²) in [7, 11) is 0. The zero-order valence-electron chi connectivity index (χ0n) is 16.4. The first-order chi connectivity index (χ1) is 11.4. The number of aliphatic hydroxyl groups excluding tert-OH is 1. The average molecular weight is 331 g/mol. The molecule has 0 aliphatic heterocycles. The van der Waals surface area contributed by atoms with E-state index in [9.17, 15) is 5.11 Å². The monoisotopic (exact) mass is 330 g/mol. The molecule has 0 aromatic heterocycles. The van der Waals surface area contributed by atoms with Gasteiger partial charge in [-0.05, 0) is 86.4 Å². The predicted octanol–water partition coefficient (Wildman–Crippen LogP) is 6.14. The smallest absolute Gasteiger partial charge is 0.0459 e. The Balaban J connectivity index is 1.77. The van der Waals surface area contributed by atoms with Gasteiger partial charge < -0.3 is 5.11 Å². The van der Waals surface area contributed by atoms with E-state index in [1.165, 1.54) is 51.4 Å². The Morgan fingerprint density at radius 3 is 2.54 bits per heavy atom. The summed E-state index contributed by atoms with van der Waals surface area (Å²) in [6.07, 6.45) is 15.7. The van der Waals surface area contributed by atoms with E-state index >= 15 is 0 Å². The van der Waals surface area contributed by atoms with Gasteiger partial charge in [-0.3, -0.25) is 0 Å². The highest BCUT2D eigenvalue weighted by molar-refractivity contribution is 5.25. The third-order valence-electron chi connectivity index (χ3n) is 7.57. The highest BCUT2D eigenvalue weighted by Crippen LogP contribution is 2.59. The van der Waals surface area contributed by atoms with Gasteiger partial charge in [-0.15, -0.1) is 0 Å². The van der Waals surface area contributed by atoms with Crippen molar-refractivity contribution in [2.45, 2.75) is 79.1 Å². The average Bonchev–Trinajstić information content (AvgIpc) is 2.89. The van der Waals surface area contributed by atoms with Gasteiger partial charge in [-0.25, -0.2) is 0 Å². The lowest BCUT2D eigenvalue weighted by molar-refractivity contribution is 0.0690. The van der Waals surface area contributed by atoms with Gasteiger partial charge in [-0.1, -0.05) is 51.0 Å². The summed E-state index contributed by atoms with van der Waals surface area (Å²) in [5.41, 5.74) is 3.83. The molecule has 24 heavy (non-hydrogen) atoms. The fourth-order valence-electron chi connectivity index (χ4n) is 6.53. The van der Waals surface area contributed by atoms with Crippen LogP contribution < -0.4 is 0 Å². The number of hydrogen-bond donors (Lipinski definition) is 1. The normalized spacial score (nSPS) is 42.9. The van der Waals surface area contributed by atoms with E-state index in [4.69, 9.17) is 0 Å². The van der Waals surface area contributed by atoms with E-state index in [-0.39, 0.29) is 0 Å². The van der Waals surface area contributed by atoms with Crippen LogP contribution in [-0.2, 0) is 0 Å². The van der Waals surface area contributed by atoms with Crippen molar-refractivity contribution in [1.29, 1.82) is 0 Å². The Morgan fingerprint density at radius 2 is 1.88 bits per heavy atom. The molecule has 0 aromatic rings. The molecule has 3 rings (SSSR count). The predicted molar refractivity (Wildman–Crippen MR) is 103 cm³/mol. The molecule has 3 aliphatic carbocycles. The highest BCUT2D eigenvalue weighted by Gasteiger charge is 2.50. The summed E-state index contributed by atoms with van der Waals surface area (Å²) in [5.74, 6) is 3.64. The largest absolute Gasteiger partial charge is 0.396 e. The van der Waals surface area contributed by atoms with E-state index in [1.54, 1.807) is 11.1 Å². The van der Waals surface area contributed by atoms with Crippen LogP contribution in [0.3, 0.4) is 0 Å². The minimum atomic E-state index is 0.353. The second kappa shape index (κ2) is 7.36. The Kier molecular flexibility index (Phi) is 5.59. The van der Waals surface area contributed by atoms with Crippen molar-refractivity contribution < 1.29 is 5.11 Å². The maximum Gasteiger partial charge on any atom is 0.0459 e. The Bertz CT molecular complexity index is 490. The summed E-state index contributed by atoms with van der Waals surface area (Å²) in [5, 5.41) is 9.66. The number of aliphatic hydroxyl groups is 1. The van der Waals surface area contributed by atoms with E-state index in [1.807, 2.05) is 0 Å². The molecule has 0 amide bonds. The van der Waals surface area contributed by atoms with Crippen molar-refractivity contribution in [3.63, 3.8) is 0 Å². The van der Waals surface area contributed by atoms with E-state index in [0.29, 0.717) is 23.9 Å². The SMILES string of the molecule is C[C@@H]1CC(=C/C=C2\CCC[C@]3(C)[C@@H]([C@H](C)CO)CC[C@@H]23)C[C@@H](C)C1. The zero-order valence-corrected chi connectivity index (χ0v) is 16.4. The molecule has 0 aromatic carbocycles. The van der Waals surface area contributed by atoms with Crippen LogP contribution in [0.4, 0.5) is 0 Å². The fraction of sp³-hybridized carbons (Fsp3) is 0.826. The molecule has 0 saturated heterocycles. The molecule has 1 heteroatoms. The van der Waals surface area contributed by atoms with Crippen molar-refractivity contribution in [2.24, 2.45) is 35.0 Å². The van der Waals surface area contributed by atoms with Gasteiger partial charge in [0.2, 0.25) is 0 Å². The lowest BCUT2D eigenvalue weighted by Crippen LogP contribution is -2.36. The molecule has 0 heterocycles. The van der Waals surface area contributed by atoms with Crippen LogP contribution in [0.2, 0.25) is 0 Å². The van der Waals surface area contributed by atoms with Crippen LogP contribution >= 0.6 is 0 Å². The molecule has 3 saturated carbocycles. The molecule has 3 fully saturated rings. The van der Waals surface area contributed by atoms with Crippen molar-refractivity contribution in [3.05, 3.63) is 23.3 Å². The standard InChI is InChI=1S/C23H38O/c1-16-12-17(2)14-19(13-16)7-8-20-6-5-11-23(4)21(18(3)15-24)9-10-22(20)23/h7-8,16-18,21-22,24H,5-6,9-15H2,1-4H3/b20-8+/t16-,17-,18+,21+,22-,23+/m0/s1. The first-order valence-corrected chi connectivity index (χ1v) is 10.4. The third kappa shape index (κ3) is 3.52. The second-order valence-corrected chi connectivity index (χ2v) is 9.68. The third-order valence-corrected chi connectivity index (χ3v) is 7.57. The summed E-state index contributed by atoms with van der Waals surface area (Å²) >= 11 is 0. The Morgan fingerprint density at radius 1 is 1.17 bits per heavy atom. The number of rotatable bonds is 3. The molecule has 6 atom stereocenters. The number of fused-ring (bicyclic) bond motifs is 1. The van der Waals surface area contributed by atoms with Gasteiger partial charge >= 0.3 is 0 Å². The second-order valence-electron chi connectivity index (χ2n) is 9.68. The molecule has 1 N–H and O–H groups in total. The molecule has 3 aliphatic rings. The van der Waals surface area contributed by atoms with Gasteiger partial charge in [0.05, 0.1) is 0 Å². The van der Waals surface area contributed by atoms with Crippen molar-refractivity contribution >= 4 is 0 Å².